The summed E-state index contributed by atoms with van der Waals surface area (Å²) in [5.74, 6) is -0.247. The van der Waals surface area contributed by atoms with E-state index in [1.165, 1.54) is 0 Å². The largest absolute Gasteiger partial charge is 0.497 e. The number of benzene rings is 2. The number of methoxy groups -OCH3 is 1. The van der Waals surface area contributed by atoms with Crippen molar-refractivity contribution in [2.45, 2.75) is 17.9 Å². The van der Waals surface area contributed by atoms with Gasteiger partial charge in [0.05, 0.1) is 19.2 Å². The van der Waals surface area contributed by atoms with Gasteiger partial charge in [-0.15, -0.1) is 6.58 Å². The minimum absolute atomic E-state index is 0.161. The molecule has 1 fully saturated rings. The van der Waals surface area contributed by atoms with Crippen molar-refractivity contribution < 1.29 is 19.1 Å². The molecule has 26 heavy (non-hydrogen) atoms. The summed E-state index contributed by atoms with van der Waals surface area (Å²) in [5, 5.41) is 0. The zero-order valence-electron chi connectivity index (χ0n) is 14.5. The lowest BCUT2D eigenvalue weighted by Gasteiger charge is -2.28. The van der Waals surface area contributed by atoms with Crippen LogP contribution in [0.15, 0.2) is 61.2 Å². The third kappa shape index (κ3) is 2.17. The van der Waals surface area contributed by atoms with E-state index in [4.69, 9.17) is 9.47 Å². The fourth-order valence-corrected chi connectivity index (χ4v) is 3.99. The van der Waals surface area contributed by atoms with Crippen molar-refractivity contribution >= 4 is 17.6 Å². The Kier molecular flexibility index (Phi) is 3.80. The van der Waals surface area contributed by atoms with Crippen LogP contribution in [-0.4, -0.2) is 25.5 Å². The monoisotopic (exact) mass is 349 g/mol. The van der Waals surface area contributed by atoms with Crippen LogP contribution < -0.4 is 9.64 Å². The second kappa shape index (κ2) is 6.02. The van der Waals surface area contributed by atoms with Crippen molar-refractivity contribution in [1.82, 2.24) is 0 Å². The molecular formula is C21H19NO4. The molecule has 5 heteroatoms. The molecule has 5 nitrogen and oxygen atoms in total. The van der Waals surface area contributed by atoms with Crippen molar-refractivity contribution in [3.8, 4) is 5.75 Å². The van der Waals surface area contributed by atoms with E-state index in [2.05, 4.69) is 6.58 Å². The van der Waals surface area contributed by atoms with E-state index in [9.17, 15) is 9.59 Å². The molecule has 2 aliphatic rings. The quantitative estimate of drug-likeness (QED) is 0.628. The van der Waals surface area contributed by atoms with Crippen LogP contribution in [0.25, 0.3) is 0 Å². The minimum atomic E-state index is -1.31. The number of anilines is 1. The van der Waals surface area contributed by atoms with Gasteiger partial charge >= 0.3 is 5.97 Å². The van der Waals surface area contributed by atoms with Crippen LogP contribution in [0, 0.1) is 0 Å². The van der Waals surface area contributed by atoms with Crippen LogP contribution in [0.4, 0.5) is 5.69 Å². The van der Waals surface area contributed by atoms with E-state index >= 15 is 0 Å². The summed E-state index contributed by atoms with van der Waals surface area (Å²) in [6.45, 7) is 4.11. The highest BCUT2D eigenvalue weighted by molar-refractivity contribution is 6.10. The number of para-hydroxylation sites is 1. The number of carbonyl (C=O) groups is 2. The molecule has 1 amide bonds. The number of hydrogen-bond acceptors (Lipinski definition) is 4. The summed E-state index contributed by atoms with van der Waals surface area (Å²) in [4.78, 5) is 27.3. The number of fused-ring (bicyclic) bond motifs is 2. The molecule has 0 aliphatic carbocycles. The van der Waals surface area contributed by atoms with Gasteiger partial charge in [-0.3, -0.25) is 9.59 Å². The normalized spacial score (nSPS) is 23.9. The Morgan fingerprint density at radius 3 is 2.65 bits per heavy atom. The Labute approximate surface area is 151 Å². The molecule has 0 saturated carbocycles. The van der Waals surface area contributed by atoms with Crippen molar-refractivity contribution in [2.24, 2.45) is 0 Å². The van der Waals surface area contributed by atoms with Crippen molar-refractivity contribution in [3.05, 3.63) is 72.3 Å². The smallest absolute Gasteiger partial charge is 0.308 e. The molecule has 0 unspecified atom stereocenters. The lowest BCUT2D eigenvalue weighted by atomic mass is 9.78. The topological polar surface area (TPSA) is 55.8 Å². The Balaban J connectivity index is 1.87. The first-order valence-corrected chi connectivity index (χ1v) is 8.50. The van der Waals surface area contributed by atoms with Gasteiger partial charge in [0.2, 0.25) is 5.60 Å². The fourth-order valence-electron chi connectivity index (χ4n) is 3.99. The van der Waals surface area contributed by atoms with Gasteiger partial charge in [0.25, 0.3) is 5.91 Å². The van der Waals surface area contributed by atoms with E-state index in [-0.39, 0.29) is 24.2 Å². The Hall–Kier alpha value is -3.08. The number of nitrogens with zero attached hydrogens (tertiary/aromatic N) is 1. The molecule has 0 radical (unpaired) electrons. The predicted octanol–water partition coefficient (Wildman–Crippen LogP) is 3.15. The number of hydrogen-bond donors (Lipinski definition) is 0. The third-order valence-corrected chi connectivity index (χ3v) is 5.12. The van der Waals surface area contributed by atoms with Gasteiger partial charge in [-0.05, 0) is 23.8 Å². The molecule has 0 bridgehead atoms. The number of amides is 1. The Morgan fingerprint density at radius 2 is 1.96 bits per heavy atom. The summed E-state index contributed by atoms with van der Waals surface area (Å²) < 4.78 is 11.0. The molecule has 2 aliphatic heterocycles. The van der Waals surface area contributed by atoms with Crippen LogP contribution in [0.5, 0.6) is 5.75 Å². The second-order valence-electron chi connectivity index (χ2n) is 6.46. The number of esters is 1. The summed E-state index contributed by atoms with van der Waals surface area (Å²) in [5.41, 5.74) is 1.06. The van der Waals surface area contributed by atoms with E-state index in [1.807, 2.05) is 48.5 Å². The SMILES string of the molecule is C=CCN1C(=O)[C@@]2(OC(=O)C[C@H]2c2ccc(OC)cc2)c2ccccc21. The molecule has 2 heterocycles. The fraction of sp³-hybridized carbons (Fsp3) is 0.238. The van der Waals surface area contributed by atoms with Crippen molar-refractivity contribution in [3.63, 3.8) is 0 Å². The molecule has 1 saturated heterocycles. The summed E-state index contributed by atoms with van der Waals surface area (Å²) in [6.07, 6.45) is 1.83. The predicted molar refractivity (Wildman–Crippen MR) is 97.1 cm³/mol. The molecule has 0 aromatic heterocycles. The third-order valence-electron chi connectivity index (χ3n) is 5.12. The summed E-state index contributed by atoms with van der Waals surface area (Å²) in [7, 11) is 1.60. The highest BCUT2D eigenvalue weighted by Gasteiger charge is 2.62. The van der Waals surface area contributed by atoms with Crippen LogP contribution in [0.1, 0.15) is 23.5 Å². The van der Waals surface area contributed by atoms with Gasteiger partial charge < -0.3 is 14.4 Å². The summed E-state index contributed by atoms with van der Waals surface area (Å²) in [6, 6.07) is 14.9. The first-order valence-electron chi connectivity index (χ1n) is 8.50. The van der Waals surface area contributed by atoms with E-state index < -0.39 is 5.60 Å². The number of carbonyl (C=O) groups excluding carboxylic acids is 2. The highest BCUT2D eigenvalue weighted by atomic mass is 16.6. The first-order chi connectivity index (χ1) is 12.6. The van der Waals surface area contributed by atoms with Gasteiger partial charge in [-0.1, -0.05) is 36.4 Å². The van der Waals surface area contributed by atoms with Crippen molar-refractivity contribution in [2.75, 3.05) is 18.6 Å². The number of rotatable bonds is 4. The lowest BCUT2D eigenvalue weighted by molar-refractivity contribution is -0.157. The van der Waals surface area contributed by atoms with Gasteiger partial charge in [-0.25, -0.2) is 0 Å². The molecule has 132 valence electrons. The van der Waals surface area contributed by atoms with E-state index in [0.717, 1.165) is 22.6 Å². The maximum absolute atomic E-state index is 13.4. The van der Waals surface area contributed by atoms with Gasteiger partial charge in [0.15, 0.2) is 0 Å². The maximum Gasteiger partial charge on any atom is 0.308 e. The van der Waals surface area contributed by atoms with Crippen LogP contribution in [0.2, 0.25) is 0 Å². The Bertz CT molecular complexity index is 889. The molecule has 1 spiro atoms. The lowest BCUT2D eigenvalue weighted by Crippen LogP contribution is -2.43. The molecule has 2 aromatic rings. The van der Waals surface area contributed by atoms with E-state index in [0.29, 0.717) is 6.54 Å². The van der Waals surface area contributed by atoms with Gasteiger partial charge in [-0.2, -0.15) is 0 Å². The second-order valence-corrected chi connectivity index (χ2v) is 6.46. The minimum Gasteiger partial charge on any atom is -0.497 e. The molecule has 0 N–H and O–H groups in total. The van der Waals surface area contributed by atoms with Crippen LogP contribution >= 0.6 is 0 Å². The number of ether oxygens (including phenoxy) is 2. The van der Waals surface area contributed by atoms with Crippen LogP contribution in [-0.2, 0) is 19.9 Å². The first kappa shape index (κ1) is 16.4. The summed E-state index contributed by atoms with van der Waals surface area (Å²) >= 11 is 0. The van der Waals surface area contributed by atoms with Gasteiger partial charge in [0.1, 0.15) is 5.75 Å². The molecule has 4 rings (SSSR count). The highest BCUT2D eigenvalue weighted by Crippen LogP contribution is 2.55. The van der Waals surface area contributed by atoms with Gasteiger partial charge in [0, 0.05) is 18.0 Å². The zero-order chi connectivity index (χ0) is 18.3. The maximum atomic E-state index is 13.4. The standard InChI is InChI=1S/C21H19NO4/c1-3-12-22-18-7-5-4-6-16(18)21(20(22)24)17(13-19(23)26-21)14-8-10-15(25-2)11-9-14/h3-11,17H,1,12-13H2,2H3/t17-,21+/m0/s1. The molecule has 2 aromatic carbocycles. The zero-order valence-corrected chi connectivity index (χ0v) is 14.5. The van der Waals surface area contributed by atoms with Crippen LogP contribution in [0.3, 0.4) is 0 Å². The molecular weight excluding hydrogens is 330 g/mol. The van der Waals surface area contributed by atoms with Crippen molar-refractivity contribution in [1.29, 1.82) is 0 Å². The average molecular weight is 349 g/mol. The average Bonchev–Trinajstić information content (AvgIpc) is 3.14. The van der Waals surface area contributed by atoms with E-state index in [1.54, 1.807) is 18.1 Å². The molecule has 2 atom stereocenters. The Morgan fingerprint density at radius 1 is 1.23 bits per heavy atom.